The van der Waals surface area contributed by atoms with Crippen molar-refractivity contribution in [3.8, 4) is 0 Å². The molecule has 11 heavy (non-hydrogen) atoms. The first-order valence-corrected chi connectivity index (χ1v) is 4.69. The Morgan fingerprint density at radius 2 is 1.91 bits per heavy atom. The van der Waals surface area contributed by atoms with Crippen LogP contribution < -0.4 is 0 Å². The van der Waals surface area contributed by atoms with Crippen LogP contribution in [0.25, 0.3) is 0 Å². The largest absolute Gasteiger partial charge is 0.151 e. The van der Waals surface area contributed by atoms with E-state index in [1.807, 2.05) is 0 Å². The Bertz CT molecular complexity index is 117. The summed E-state index contributed by atoms with van der Waals surface area (Å²) in [4.78, 5) is 10.2. The molecule has 0 aromatic heterocycles. The molecule has 0 amide bonds. The monoisotopic (exact) mass is 155 g/mol. The van der Waals surface area contributed by atoms with E-state index >= 15 is 0 Å². The maximum atomic E-state index is 10.2. The van der Waals surface area contributed by atoms with Crippen LogP contribution in [0.5, 0.6) is 0 Å². The zero-order valence-electron chi connectivity index (χ0n) is 7.25. The number of hydrogen-bond acceptors (Lipinski definition) is 2. The van der Waals surface area contributed by atoms with Crippen molar-refractivity contribution < 1.29 is 0 Å². The molecule has 0 aromatic carbocycles. The van der Waals surface area contributed by atoms with E-state index in [9.17, 15) is 4.91 Å². The molecule has 0 aromatic rings. The summed E-state index contributed by atoms with van der Waals surface area (Å²) < 4.78 is 0. The van der Waals surface area contributed by atoms with Gasteiger partial charge in [0, 0.05) is 0 Å². The van der Waals surface area contributed by atoms with Gasteiger partial charge in [-0.25, -0.2) is 0 Å². The molecule has 1 aliphatic carbocycles. The van der Waals surface area contributed by atoms with Crippen molar-refractivity contribution in [1.29, 1.82) is 0 Å². The molecule has 2 heteroatoms. The number of hydrogen-bond donors (Lipinski definition) is 0. The molecule has 0 radical (unpaired) electrons. The molecular weight excluding hydrogens is 138 g/mol. The average molecular weight is 155 g/mol. The molecule has 0 N–H and O–H groups in total. The Kier molecular flexibility index (Phi) is 3.53. The molecule has 1 fully saturated rings. The van der Waals surface area contributed by atoms with Gasteiger partial charge in [0.25, 0.3) is 0 Å². The van der Waals surface area contributed by atoms with Crippen LogP contribution in [-0.4, -0.2) is 6.04 Å². The minimum absolute atomic E-state index is 0.142. The Labute approximate surface area is 68.3 Å². The van der Waals surface area contributed by atoms with Crippen molar-refractivity contribution in [2.75, 3.05) is 0 Å². The second-order valence-electron chi connectivity index (χ2n) is 3.57. The molecule has 64 valence electrons. The van der Waals surface area contributed by atoms with E-state index in [0.717, 1.165) is 18.8 Å². The normalized spacial score (nSPS) is 31.7. The highest BCUT2D eigenvalue weighted by Gasteiger charge is 2.20. The van der Waals surface area contributed by atoms with Crippen LogP contribution >= 0.6 is 0 Å². The van der Waals surface area contributed by atoms with Crippen LogP contribution in [0.2, 0.25) is 0 Å². The lowest BCUT2D eigenvalue weighted by molar-refractivity contribution is 0.309. The Hall–Kier alpha value is -0.400. The molecule has 1 saturated carbocycles. The van der Waals surface area contributed by atoms with Crippen LogP contribution in [0, 0.1) is 10.8 Å². The van der Waals surface area contributed by atoms with Gasteiger partial charge < -0.3 is 0 Å². The Morgan fingerprint density at radius 3 is 2.36 bits per heavy atom. The maximum absolute atomic E-state index is 10.2. The number of nitrogens with zero attached hydrogens (tertiary/aromatic N) is 1. The van der Waals surface area contributed by atoms with E-state index < -0.39 is 0 Å². The molecule has 0 bridgehead atoms. The van der Waals surface area contributed by atoms with Gasteiger partial charge in [0.1, 0.15) is 0 Å². The highest BCUT2D eigenvalue weighted by molar-refractivity contribution is 4.76. The maximum Gasteiger partial charge on any atom is 0.0920 e. The Balaban J connectivity index is 2.18. The lowest BCUT2D eigenvalue weighted by atomic mass is 9.84. The molecule has 0 unspecified atom stereocenters. The van der Waals surface area contributed by atoms with Crippen LogP contribution in [0.3, 0.4) is 0 Å². The molecule has 0 aliphatic heterocycles. The second-order valence-corrected chi connectivity index (χ2v) is 3.57. The molecule has 0 spiro atoms. The van der Waals surface area contributed by atoms with Crippen molar-refractivity contribution in [1.82, 2.24) is 0 Å². The van der Waals surface area contributed by atoms with Crippen molar-refractivity contribution >= 4 is 0 Å². The summed E-state index contributed by atoms with van der Waals surface area (Å²) in [5.41, 5.74) is 0. The summed E-state index contributed by atoms with van der Waals surface area (Å²) in [7, 11) is 0. The van der Waals surface area contributed by atoms with Crippen LogP contribution in [0.15, 0.2) is 5.18 Å². The molecule has 0 heterocycles. The van der Waals surface area contributed by atoms with Gasteiger partial charge in [0.15, 0.2) is 0 Å². The third-order valence-corrected chi connectivity index (χ3v) is 2.66. The first kappa shape index (κ1) is 8.69. The van der Waals surface area contributed by atoms with Gasteiger partial charge >= 0.3 is 0 Å². The van der Waals surface area contributed by atoms with Gasteiger partial charge in [-0.15, -0.1) is 0 Å². The summed E-state index contributed by atoms with van der Waals surface area (Å²) in [6, 6.07) is 0.142. The zero-order chi connectivity index (χ0) is 8.10. The number of rotatable bonds is 3. The van der Waals surface area contributed by atoms with Crippen molar-refractivity contribution in [3.05, 3.63) is 4.91 Å². The van der Waals surface area contributed by atoms with Crippen LogP contribution in [-0.2, 0) is 0 Å². The quantitative estimate of drug-likeness (QED) is 0.576. The fourth-order valence-electron chi connectivity index (χ4n) is 1.95. The lowest BCUT2D eigenvalue weighted by Crippen LogP contribution is -2.16. The van der Waals surface area contributed by atoms with E-state index in [2.05, 4.69) is 12.1 Å². The third-order valence-electron chi connectivity index (χ3n) is 2.66. The second kappa shape index (κ2) is 4.47. The summed E-state index contributed by atoms with van der Waals surface area (Å²) in [6.45, 7) is 2.23. The summed E-state index contributed by atoms with van der Waals surface area (Å²) in [5, 5.41) is 3.09. The highest BCUT2D eigenvalue weighted by Crippen LogP contribution is 2.28. The van der Waals surface area contributed by atoms with E-state index in [1.54, 1.807) is 0 Å². The van der Waals surface area contributed by atoms with E-state index in [0.29, 0.717) is 0 Å². The van der Waals surface area contributed by atoms with Gasteiger partial charge in [-0.2, -0.15) is 4.91 Å². The molecule has 0 saturated heterocycles. The van der Waals surface area contributed by atoms with Gasteiger partial charge in [0.2, 0.25) is 0 Å². The summed E-state index contributed by atoms with van der Waals surface area (Å²) in [5.74, 6) is 0.887. The van der Waals surface area contributed by atoms with E-state index in [-0.39, 0.29) is 6.04 Å². The SMILES string of the molecule is CCCC1CCC(N=O)CC1. The van der Waals surface area contributed by atoms with Crippen molar-refractivity contribution in [2.45, 2.75) is 51.5 Å². The van der Waals surface area contributed by atoms with Gasteiger partial charge in [-0.05, 0) is 31.6 Å². The van der Waals surface area contributed by atoms with Crippen LogP contribution in [0.4, 0.5) is 0 Å². The van der Waals surface area contributed by atoms with Gasteiger partial charge in [-0.1, -0.05) is 24.9 Å². The smallest absolute Gasteiger partial charge is 0.0920 e. The number of nitroso groups, excluding NO2 is 1. The van der Waals surface area contributed by atoms with Crippen molar-refractivity contribution in [3.63, 3.8) is 0 Å². The molecular formula is C9H17NO. The van der Waals surface area contributed by atoms with E-state index in [1.165, 1.54) is 25.7 Å². The standard InChI is InChI=1S/C9H17NO/c1-2-3-8-4-6-9(10-11)7-5-8/h8-9H,2-7H2,1H3. The fraction of sp³-hybridized carbons (Fsp3) is 1.00. The lowest BCUT2D eigenvalue weighted by Gasteiger charge is -2.23. The van der Waals surface area contributed by atoms with Crippen LogP contribution in [0.1, 0.15) is 45.4 Å². The third kappa shape index (κ3) is 2.60. The fourth-order valence-corrected chi connectivity index (χ4v) is 1.95. The summed E-state index contributed by atoms with van der Waals surface area (Å²) in [6.07, 6.45) is 7.15. The molecule has 0 atom stereocenters. The molecule has 1 rings (SSSR count). The van der Waals surface area contributed by atoms with Crippen molar-refractivity contribution in [2.24, 2.45) is 11.1 Å². The zero-order valence-corrected chi connectivity index (χ0v) is 7.25. The highest BCUT2D eigenvalue weighted by atomic mass is 16.3. The average Bonchev–Trinajstić information content (AvgIpc) is 2.07. The topological polar surface area (TPSA) is 29.4 Å². The minimum atomic E-state index is 0.142. The van der Waals surface area contributed by atoms with E-state index in [4.69, 9.17) is 0 Å². The predicted octanol–water partition coefficient (Wildman–Crippen LogP) is 3.11. The van der Waals surface area contributed by atoms with Gasteiger partial charge in [0.05, 0.1) is 6.04 Å². The summed E-state index contributed by atoms with van der Waals surface area (Å²) >= 11 is 0. The molecule has 1 aliphatic rings. The Morgan fingerprint density at radius 1 is 1.27 bits per heavy atom. The predicted molar refractivity (Wildman–Crippen MR) is 46.4 cm³/mol. The minimum Gasteiger partial charge on any atom is -0.151 e. The first-order chi connectivity index (χ1) is 5.36. The van der Waals surface area contributed by atoms with Gasteiger partial charge in [-0.3, -0.25) is 0 Å². The first-order valence-electron chi connectivity index (χ1n) is 4.69. The molecule has 2 nitrogen and oxygen atoms in total.